The van der Waals surface area contributed by atoms with Crippen molar-refractivity contribution in [3.8, 4) is 0 Å². The Balaban J connectivity index is 2.00. The van der Waals surface area contributed by atoms with Gasteiger partial charge < -0.3 is 14.7 Å². The lowest BCUT2D eigenvalue weighted by Crippen LogP contribution is -2.49. The fraction of sp³-hybridized carbons (Fsp3) is 0.571. The van der Waals surface area contributed by atoms with Crippen molar-refractivity contribution in [2.24, 2.45) is 0 Å². The molecule has 1 fully saturated rings. The molecular formula is C14H21N3O5S. The van der Waals surface area contributed by atoms with Gasteiger partial charge in [0.1, 0.15) is 5.56 Å². The second-order valence-corrected chi connectivity index (χ2v) is 7.33. The Labute approximate surface area is 135 Å². The minimum atomic E-state index is -3.29. The zero-order valence-corrected chi connectivity index (χ0v) is 13.8. The number of sulfonamides is 1. The molecule has 23 heavy (non-hydrogen) atoms. The Morgan fingerprint density at radius 1 is 1.35 bits per heavy atom. The number of rotatable bonds is 7. The molecule has 0 unspecified atom stereocenters. The van der Waals surface area contributed by atoms with Crippen molar-refractivity contribution >= 4 is 21.7 Å². The van der Waals surface area contributed by atoms with Gasteiger partial charge in [0.05, 0.1) is 11.4 Å². The first-order valence-electron chi connectivity index (χ1n) is 7.34. The molecule has 9 heteroatoms. The molecule has 1 aromatic rings. The SMILES string of the molecule is COCCCS(=O)(=O)N1CCN(c2ccncc2C(=O)O)CC1. The molecule has 0 saturated carbocycles. The minimum absolute atomic E-state index is 0.0659. The van der Waals surface area contributed by atoms with Crippen molar-refractivity contribution in [3.05, 3.63) is 24.0 Å². The molecule has 1 N–H and O–H groups in total. The lowest BCUT2D eigenvalue weighted by molar-refractivity contribution is 0.0697. The van der Waals surface area contributed by atoms with Crippen LogP contribution in [0.15, 0.2) is 18.5 Å². The molecule has 0 spiro atoms. The fourth-order valence-electron chi connectivity index (χ4n) is 2.55. The number of aromatic nitrogens is 1. The average Bonchev–Trinajstić information content (AvgIpc) is 2.55. The van der Waals surface area contributed by atoms with Crippen LogP contribution < -0.4 is 4.90 Å². The Morgan fingerprint density at radius 2 is 2.04 bits per heavy atom. The number of methoxy groups -OCH3 is 1. The Kier molecular flexibility index (Phi) is 5.91. The van der Waals surface area contributed by atoms with Gasteiger partial charge in [-0.1, -0.05) is 0 Å². The van der Waals surface area contributed by atoms with Gasteiger partial charge in [-0.3, -0.25) is 4.98 Å². The monoisotopic (exact) mass is 343 g/mol. The highest BCUT2D eigenvalue weighted by Gasteiger charge is 2.28. The van der Waals surface area contributed by atoms with Gasteiger partial charge in [-0.05, 0) is 12.5 Å². The third kappa shape index (κ3) is 4.40. The highest BCUT2D eigenvalue weighted by Crippen LogP contribution is 2.21. The minimum Gasteiger partial charge on any atom is -0.478 e. The molecule has 1 aromatic heterocycles. The van der Waals surface area contributed by atoms with E-state index in [4.69, 9.17) is 4.74 Å². The van der Waals surface area contributed by atoms with E-state index >= 15 is 0 Å². The van der Waals surface area contributed by atoms with E-state index in [9.17, 15) is 18.3 Å². The number of anilines is 1. The average molecular weight is 343 g/mol. The molecule has 1 saturated heterocycles. The predicted molar refractivity (Wildman–Crippen MR) is 85.3 cm³/mol. The van der Waals surface area contributed by atoms with Crippen LogP contribution in [-0.2, 0) is 14.8 Å². The van der Waals surface area contributed by atoms with Crippen molar-refractivity contribution in [2.45, 2.75) is 6.42 Å². The van der Waals surface area contributed by atoms with Crippen LogP contribution in [0.4, 0.5) is 5.69 Å². The lowest BCUT2D eigenvalue weighted by atomic mass is 10.2. The number of piperazine rings is 1. The number of hydrogen-bond acceptors (Lipinski definition) is 6. The van der Waals surface area contributed by atoms with E-state index in [1.54, 1.807) is 13.2 Å². The van der Waals surface area contributed by atoms with Crippen LogP contribution in [0, 0.1) is 0 Å². The highest BCUT2D eigenvalue weighted by molar-refractivity contribution is 7.89. The van der Waals surface area contributed by atoms with Crippen LogP contribution in [0.3, 0.4) is 0 Å². The van der Waals surface area contributed by atoms with E-state index < -0.39 is 16.0 Å². The topological polar surface area (TPSA) is 100 Å². The van der Waals surface area contributed by atoms with Crippen molar-refractivity contribution in [3.63, 3.8) is 0 Å². The smallest absolute Gasteiger partial charge is 0.339 e. The van der Waals surface area contributed by atoms with E-state index in [1.807, 2.05) is 4.90 Å². The summed E-state index contributed by atoms with van der Waals surface area (Å²) in [6, 6.07) is 1.65. The summed E-state index contributed by atoms with van der Waals surface area (Å²) in [5.41, 5.74) is 0.702. The predicted octanol–water partition coefficient (Wildman–Crippen LogP) is 0.268. The second-order valence-electron chi connectivity index (χ2n) is 5.25. The number of aromatic carboxylic acids is 1. The van der Waals surface area contributed by atoms with Crippen molar-refractivity contribution in [2.75, 3.05) is 50.5 Å². The Hall–Kier alpha value is -1.71. The number of ether oxygens (including phenoxy) is 1. The maximum atomic E-state index is 12.2. The zero-order chi connectivity index (χ0) is 16.9. The van der Waals surface area contributed by atoms with Crippen molar-refractivity contribution in [1.82, 2.24) is 9.29 Å². The Bertz CT molecular complexity index is 642. The quantitative estimate of drug-likeness (QED) is 0.709. The molecule has 0 amide bonds. The van der Waals surface area contributed by atoms with Crippen LogP contribution in [0.2, 0.25) is 0 Å². The number of hydrogen-bond donors (Lipinski definition) is 1. The maximum absolute atomic E-state index is 12.2. The standard InChI is InChI=1S/C14H21N3O5S/c1-22-9-2-10-23(20,21)17-7-5-16(6-8-17)13-3-4-15-11-12(13)14(18)19/h3-4,11H,2,5-10H2,1H3,(H,18,19). The van der Waals surface area contributed by atoms with Gasteiger partial charge in [0, 0.05) is 52.3 Å². The molecule has 128 valence electrons. The summed E-state index contributed by atoms with van der Waals surface area (Å²) in [6.45, 7) is 2.01. The first-order valence-corrected chi connectivity index (χ1v) is 8.95. The molecule has 1 aliphatic rings. The first-order chi connectivity index (χ1) is 11.0. The van der Waals surface area contributed by atoms with Gasteiger partial charge in [0.25, 0.3) is 0 Å². The van der Waals surface area contributed by atoms with E-state index in [-0.39, 0.29) is 11.3 Å². The summed E-state index contributed by atoms with van der Waals surface area (Å²) >= 11 is 0. The second kappa shape index (κ2) is 7.71. The molecule has 0 aromatic carbocycles. The Morgan fingerprint density at radius 3 is 2.65 bits per heavy atom. The van der Waals surface area contributed by atoms with Crippen molar-refractivity contribution < 1.29 is 23.1 Å². The molecule has 8 nitrogen and oxygen atoms in total. The largest absolute Gasteiger partial charge is 0.478 e. The number of nitrogens with zero attached hydrogens (tertiary/aromatic N) is 3. The van der Waals surface area contributed by atoms with E-state index in [0.29, 0.717) is 44.9 Å². The van der Waals surface area contributed by atoms with Gasteiger partial charge in [-0.25, -0.2) is 13.2 Å². The highest BCUT2D eigenvalue weighted by atomic mass is 32.2. The van der Waals surface area contributed by atoms with E-state index in [1.165, 1.54) is 16.7 Å². The molecular weight excluding hydrogens is 322 g/mol. The third-order valence-corrected chi connectivity index (χ3v) is 5.71. The number of carbonyl (C=O) groups is 1. The van der Waals surface area contributed by atoms with E-state index in [0.717, 1.165) is 0 Å². The molecule has 2 rings (SSSR count). The van der Waals surface area contributed by atoms with Gasteiger partial charge in [0.2, 0.25) is 10.0 Å². The van der Waals surface area contributed by atoms with Crippen LogP contribution in [-0.4, -0.2) is 74.4 Å². The molecule has 2 heterocycles. The summed E-state index contributed by atoms with van der Waals surface area (Å²) in [7, 11) is -1.75. The van der Waals surface area contributed by atoms with E-state index in [2.05, 4.69) is 4.98 Å². The molecule has 0 atom stereocenters. The summed E-state index contributed by atoms with van der Waals surface area (Å²) < 4.78 is 30.8. The lowest BCUT2D eigenvalue weighted by Gasteiger charge is -2.35. The summed E-state index contributed by atoms with van der Waals surface area (Å²) in [4.78, 5) is 17.0. The van der Waals surface area contributed by atoms with Gasteiger partial charge in [-0.2, -0.15) is 4.31 Å². The fourth-order valence-corrected chi connectivity index (χ4v) is 4.01. The third-order valence-electron chi connectivity index (χ3n) is 3.75. The number of carboxylic acids is 1. The van der Waals surface area contributed by atoms with Gasteiger partial charge in [-0.15, -0.1) is 0 Å². The normalized spacial score (nSPS) is 16.5. The van der Waals surface area contributed by atoms with Gasteiger partial charge in [0.15, 0.2) is 0 Å². The molecule has 0 bridgehead atoms. The summed E-state index contributed by atoms with van der Waals surface area (Å²) in [5, 5.41) is 9.21. The van der Waals surface area contributed by atoms with Gasteiger partial charge >= 0.3 is 5.97 Å². The summed E-state index contributed by atoms with van der Waals surface area (Å²) in [6.07, 6.45) is 3.31. The van der Waals surface area contributed by atoms with Crippen LogP contribution in [0.1, 0.15) is 16.8 Å². The summed E-state index contributed by atoms with van der Waals surface area (Å²) in [5.74, 6) is -0.973. The maximum Gasteiger partial charge on any atom is 0.339 e. The zero-order valence-electron chi connectivity index (χ0n) is 13.0. The van der Waals surface area contributed by atoms with Crippen molar-refractivity contribution in [1.29, 1.82) is 0 Å². The molecule has 1 aliphatic heterocycles. The number of pyridine rings is 1. The van der Waals surface area contributed by atoms with Crippen LogP contribution in [0.25, 0.3) is 0 Å². The molecule has 0 aliphatic carbocycles. The number of carboxylic acid groups (broad SMARTS) is 1. The first kappa shape index (κ1) is 17.6. The van der Waals surface area contributed by atoms with Crippen LogP contribution in [0.5, 0.6) is 0 Å². The van der Waals surface area contributed by atoms with Crippen LogP contribution >= 0.6 is 0 Å². The molecule has 0 radical (unpaired) electrons.